The first-order valence-corrected chi connectivity index (χ1v) is 18.5. The lowest BCUT2D eigenvalue weighted by Gasteiger charge is -2.47. The summed E-state index contributed by atoms with van der Waals surface area (Å²) in [5, 5.41) is 6.48. The summed E-state index contributed by atoms with van der Waals surface area (Å²) in [6.07, 6.45) is 6.31. The van der Waals surface area contributed by atoms with E-state index in [9.17, 15) is 14.4 Å². The number of carbonyl (C=O) groups excluding carboxylic acids is 3. The van der Waals surface area contributed by atoms with Crippen LogP contribution in [-0.2, 0) is 31.0 Å². The Kier molecular flexibility index (Phi) is 10.5. The van der Waals surface area contributed by atoms with Crippen LogP contribution in [0.25, 0.3) is 0 Å². The quantitative estimate of drug-likeness (QED) is 0.230. The molecule has 2 N–H and O–H groups in total. The molecule has 6 rings (SSSR count). The first-order chi connectivity index (χ1) is 24.1. The number of nitrogens with zero attached hydrogens (tertiary/aromatic N) is 1. The largest absolute Gasteiger partial charge is 0.304 e. The highest BCUT2D eigenvalue weighted by Gasteiger charge is 2.51. The maximum Gasteiger partial charge on any atom is 0.165 e. The molecule has 0 aliphatic heterocycles. The number of benzene rings is 3. The van der Waals surface area contributed by atoms with Crippen LogP contribution in [0.5, 0.6) is 0 Å². The van der Waals surface area contributed by atoms with E-state index >= 15 is 8.78 Å². The lowest BCUT2D eigenvalue weighted by atomic mass is 9.66. The third kappa shape index (κ3) is 5.97. The zero-order chi connectivity index (χ0) is 35.7. The molecule has 3 saturated carbocycles. The van der Waals surface area contributed by atoms with Crippen molar-refractivity contribution >= 4 is 17.3 Å². The fraction of sp³-hybridized carbons (Fsp3) is 0.500. The highest BCUT2D eigenvalue weighted by molar-refractivity contribution is 5.98. The molecular weight excluding hydrogens is 632 g/mol. The number of rotatable bonds is 10. The number of halogens is 2. The van der Waals surface area contributed by atoms with Gasteiger partial charge in [0.1, 0.15) is 28.3 Å². The third-order valence-electron chi connectivity index (χ3n) is 12.3. The van der Waals surface area contributed by atoms with Crippen LogP contribution in [0, 0.1) is 11.6 Å². The van der Waals surface area contributed by atoms with Crippen molar-refractivity contribution in [2.45, 2.75) is 107 Å². The minimum absolute atomic E-state index is 0.0316. The van der Waals surface area contributed by atoms with Gasteiger partial charge < -0.3 is 10.6 Å². The highest BCUT2D eigenvalue weighted by atomic mass is 19.1. The average Bonchev–Trinajstić information content (AvgIpc) is 3.13. The van der Waals surface area contributed by atoms with E-state index in [1.165, 1.54) is 24.3 Å². The summed E-state index contributed by atoms with van der Waals surface area (Å²) in [7, 11) is 3.45. The van der Waals surface area contributed by atoms with Gasteiger partial charge in [-0.25, -0.2) is 8.78 Å². The zero-order valence-electron chi connectivity index (χ0n) is 29.9. The van der Waals surface area contributed by atoms with Gasteiger partial charge in [-0.05, 0) is 131 Å². The van der Waals surface area contributed by atoms with Crippen LogP contribution in [0.15, 0.2) is 66.7 Å². The van der Waals surface area contributed by atoms with E-state index < -0.39 is 40.1 Å². The highest BCUT2D eigenvalue weighted by Crippen LogP contribution is 2.48. The molecule has 3 fully saturated rings. The second kappa shape index (κ2) is 14.6. The maximum atomic E-state index is 15.8. The van der Waals surface area contributed by atoms with Crippen molar-refractivity contribution in [1.82, 2.24) is 15.5 Å². The molecule has 5 atom stereocenters. The first-order valence-electron chi connectivity index (χ1n) is 18.5. The Hall–Kier alpha value is -3.59. The van der Waals surface area contributed by atoms with Gasteiger partial charge in [0, 0.05) is 18.3 Å². The molecule has 0 radical (unpaired) electrons. The second-order valence-electron chi connectivity index (χ2n) is 14.5. The molecule has 0 spiro atoms. The second-order valence-corrected chi connectivity index (χ2v) is 14.5. The Labute approximate surface area is 295 Å². The number of nitrogens with one attached hydrogen (secondary N) is 2. The lowest BCUT2D eigenvalue weighted by molar-refractivity contribution is -0.137. The molecule has 0 heterocycles. The van der Waals surface area contributed by atoms with E-state index in [0.717, 1.165) is 24.8 Å². The Morgan fingerprint density at radius 2 is 1.20 bits per heavy atom. The predicted molar refractivity (Wildman–Crippen MR) is 192 cm³/mol. The lowest BCUT2D eigenvalue weighted by Crippen LogP contribution is -2.55. The molecule has 8 heteroatoms. The van der Waals surface area contributed by atoms with Gasteiger partial charge >= 0.3 is 0 Å². The van der Waals surface area contributed by atoms with Gasteiger partial charge in [0.15, 0.2) is 17.3 Å². The Morgan fingerprint density at radius 1 is 0.660 bits per heavy atom. The van der Waals surface area contributed by atoms with Crippen molar-refractivity contribution in [1.29, 1.82) is 0 Å². The molecule has 0 bridgehead atoms. The molecule has 3 aliphatic rings. The van der Waals surface area contributed by atoms with E-state index in [1.807, 2.05) is 42.5 Å². The van der Waals surface area contributed by atoms with Crippen molar-refractivity contribution in [3.63, 3.8) is 0 Å². The maximum absolute atomic E-state index is 15.8. The van der Waals surface area contributed by atoms with Crippen LogP contribution in [0.2, 0.25) is 0 Å². The third-order valence-corrected chi connectivity index (χ3v) is 12.3. The molecule has 2 unspecified atom stereocenters. The van der Waals surface area contributed by atoms with E-state index in [4.69, 9.17) is 0 Å². The van der Waals surface area contributed by atoms with E-state index in [2.05, 4.69) is 29.4 Å². The summed E-state index contributed by atoms with van der Waals surface area (Å²) in [6.45, 7) is 5.53. The molecular formula is C42H51F2N3O3. The molecule has 6 nitrogen and oxygen atoms in total. The van der Waals surface area contributed by atoms with Gasteiger partial charge in [-0.3, -0.25) is 19.3 Å². The standard InChI is InChI=1S/C42H51F2N3O3/c1-5-47(6-2)42(30-14-8-7-9-15-30)21-13-17-36(39(42)50)29-23-32(27-34(44)25-29)41(46-4)20-12-16-35(38(41)49)28-22-31(26-33(43)24-28)40(45-3)19-11-10-18-37(40)48/h7-9,14-15,22-27,35-36,45-46H,5-6,10-13,16-21H2,1-4H3/t35?,36?,40-,41+,42+/m1/s1. The Morgan fingerprint density at radius 3 is 1.76 bits per heavy atom. The van der Waals surface area contributed by atoms with E-state index in [0.29, 0.717) is 80.3 Å². The number of carbonyl (C=O) groups is 3. The summed E-state index contributed by atoms with van der Waals surface area (Å²) in [6, 6.07) is 19.3. The van der Waals surface area contributed by atoms with E-state index in [1.54, 1.807) is 14.1 Å². The fourth-order valence-corrected chi connectivity index (χ4v) is 9.67. The van der Waals surface area contributed by atoms with Crippen molar-refractivity contribution in [3.8, 4) is 0 Å². The van der Waals surface area contributed by atoms with Crippen LogP contribution in [0.3, 0.4) is 0 Å². The molecule has 0 amide bonds. The van der Waals surface area contributed by atoms with Crippen LogP contribution in [0.4, 0.5) is 8.78 Å². The summed E-state index contributed by atoms with van der Waals surface area (Å²) in [5.74, 6) is -2.25. The van der Waals surface area contributed by atoms with Crippen molar-refractivity contribution in [2.75, 3.05) is 27.2 Å². The van der Waals surface area contributed by atoms with Gasteiger partial charge in [0.2, 0.25) is 0 Å². The topological polar surface area (TPSA) is 78.5 Å². The molecule has 0 saturated heterocycles. The van der Waals surface area contributed by atoms with Gasteiger partial charge in [0.25, 0.3) is 0 Å². The minimum atomic E-state index is -1.24. The van der Waals surface area contributed by atoms with Crippen molar-refractivity contribution in [3.05, 3.63) is 106 Å². The predicted octanol–water partition coefficient (Wildman–Crippen LogP) is 7.55. The Bertz CT molecular complexity index is 1740. The number of hydrogen-bond acceptors (Lipinski definition) is 6. The van der Waals surface area contributed by atoms with Gasteiger partial charge in [0.05, 0.1) is 0 Å². The van der Waals surface area contributed by atoms with Gasteiger partial charge in [-0.15, -0.1) is 0 Å². The number of ketones is 3. The molecule has 50 heavy (non-hydrogen) atoms. The number of likely N-dealkylation sites (N-methyl/N-ethyl adjacent to an activating group) is 3. The van der Waals surface area contributed by atoms with Crippen LogP contribution in [0.1, 0.15) is 118 Å². The summed E-state index contributed by atoms with van der Waals surface area (Å²) in [4.78, 5) is 45.0. The summed E-state index contributed by atoms with van der Waals surface area (Å²) >= 11 is 0. The normalized spacial score (nSPS) is 29.1. The minimum Gasteiger partial charge on any atom is -0.304 e. The molecule has 3 aliphatic carbocycles. The molecule has 0 aromatic heterocycles. The molecule has 3 aromatic carbocycles. The van der Waals surface area contributed by atoms with Crippen LogP contribution in [-0.4, -0.2) is 49.4 Å². The van der Waals surface area contributed by atoms with Crippen LogP contribution < -0.4 is 10.6 Å². The zero-order valence-corrected chi connectivity index (χ0v) is 29.9. The fourth-order valence-electron chi connectivity index (χ4n) is 9.67. The van der Waals surface area contributed by atoms with Crippen molar-refractivity contribution in [2.24, 2.45) is 0 Å². The molecule has 3 aromatic rings. The smallest absolute Gasteiger partial charge is 0.165 e. The van der Waals surface area contributed by atoms with Gasteiger partial charge in [-0.2, -0.15) is 0 Å². The van der Waals surface area contributed by atoms with Crippen LogP contribution >= 0.6 is 0 Å². The Balaban J connectivity index is 1.39. The van der Waals surface area contributed by atoms with Gasteiger partial charge in [-0.1, -0.05) is 62.7 Å². The summed E-state index contributed by atoms with van der Waals surface area (Å²) < 4.78 is 31.2. The SMILES string of the molecule is CCN(CC)[C@]1(c2ccccc2)CCCC(c2cc(F)cc([C@@]3(NC)CCCC(c4cc(F)cc([C@]5(NC)CCCCC5=O)c4)C3=O)c2)C1=O. The van der Waals surface area contributed by atoms with Crippen molar-refractivity contribution < 1.29 is 23.2 Å². The summed E-state index contributed by atoms with van der Waals surface area (Å²) in [5.41, 5.74) is 0.0551. The first kappa shape index (κ1) is 36.2. The van der Waals surface area contributed by atoms with E-state index in [-0.39, 0.29) is 17.3 Å². The average molecular weight is 684 g/mol. The monoisotopic (exact) mass is 683 g/mol. The number of Topliss-reactive ketones (excluding diaryl/α,β-unsaturated/α-hetero) is 3. The molecule has 266 valence electrons. The number of hydrogen-bond donors (Lipinski definition) is 2.